The largest absolute Gasteiger partial charge is 0.488 e. The third kappa shape index (κ3) is 4.36. The number of benzene rings is 2. The quantitative estimate of drug-likeness (QED) is 0.823. The number of para-hydroxylation sites is 1. The first-order valence-electron chi connectivity index (χ1n) is 6.49. The van der Waals surface area contributed by atoms with Crippen molar-refractivity contribution in [3.63, 3.8) is 0 Å². The van der Waals surface area contributed by atoms with E-state index in [-0.39, 0.29) is 5.91 Å². The van der Waals surface area contributed by atoms with Crippen LogP contribution in [-0.4, -0.2) is 12.5 Å². The average molecular weight is 302 g/mol. The third-order valence-electron chi connectivity index (χ3n) is 2.71. The molecule has 2 aromatic carbocycles. The summed E-state index contributed by atoms with van der Waals surface area (Å²) in [7, 11) is 0. The number of carbonyl (C=O) groups is 1. The molecule has 2 aromatic rings. The van der Waals surface area contributed by atoms with E-state index < -0.39 is 0 Å². The first-order chi connectivity index (χ1) is 10.1. The van der Waals surface area contributed by atoms with Gasteiger partial charge in [0.25, 0.3) is 5.91 Å². The first kappa shape index (κ1) is 15.1. The molecule has 0 heterocycles. The Morgan fingerprint density at radius 3 is 2.52 bits per heavy atom. The molecular formula is C17H16ClNO2. The van der Waals surface area contributed by atoms with Crippen LogP contribution in [0.4, 0.5) is 5.69 Å². The molecule has 0 fully saturated rings. The molecule has 1 N–H and O–H groups in total. The van der Waals surface area contributed by atoms with Gasteiger partial charge in [-0.05, 0) is 48.9 Å². The molecule has 4 heteroatoms. The highest BCUT2D eigenvalue weighted by atomic mass is 35.5. The fourth-order valence-corrected chi connectivity index (χ4v) is 1.84. The second-order valence-corrected chi connectivity index (χ2v) is 5.14. The minimum Gasteiger partial charge on any atom is -0.488 e. The van der Waals surface area contributed by atoms with Crippen molar-refractivity contribution in [1.29, 1.82) is 0 Å². The van der Waals surface area contributed by atoms with Crippen LogP contribution in [0.15, 0.2) is 60.7 Å². The van der Waals surface area contributed by atoms with Gasteiger partial charge in [-0.3, -0.25) is 4.79 Å². The van der Waals surface area contributed by atoms with E-state index in [1.165, 1.54) is 0 Å². The van der Waals surface area contributed by atoms with E-state index in [1.54, 1.807) is 42.5 Å². The highest BCUT2D eigenvalue weighted by Crippen LogP contribution is 2.21. The Hall–Kier alpha value is -2.26. The van der Waals surface area contributed by atoms with Gasteiger partial charge in [0.2, 0.25) is 0 Å². The average Bonchev–Trinajstić information content (AvgIpc) is 2.47. The highest BCUT2D eigenvalue weighted by molar-refractivity contribution is 6.30. The maximum atomic E-state index is 12.3. The summed E-state index contributed by atoms with van der Waals surface area (Å²) in [4.78, 5) is 12.3. The van der Waals surface area contributed by atoms with Crippen LogP contribution in [0.25, 0.3) is 0 Å². The van der Waals surface area contributed by atoms with E-state index in [1.807, 2.05) is 13.0 Å². The van der Waals surface area contributed by atoms with E-state index >= 15 is 0 Å². The molecule has 1 amide bonds. The molecule has 0 atom stereocenters. The van der Waals surface area contributed by atoms with E-state index in [9.17, 15) is 4.79 Å². The maximum absolute atomic E-state index is 12.3. The molecular weight excluding hydrogens is 286 g/mol. The van der Waals surface area contributed by atoms with E-state index in [2.05, 4.69) is 11.9 Å². The zero-order valence-corrected chi connectivity index (χ0v) is 12.5. The Bertz CT molecular complexity index is 650. The molecule has 0 bridgehead atoms. The maximum Gasteiger partial charge on any atom is 0.259 e. The molecule has 0 saturated heterocycles. The van der Waals surface area contributed by atoms with Crippen LogP contribution < -0.4 is 10.1 Å². The number of anilines is 1. The Morgan fingerprint density at radius 1 is 1.19 bits per heavy atom. The lowest BCUT2D eigenvalue weighted by atomic mass is 10.2. The van der Waals surface area contributed by atoms with Gasteiger partial charge < -0.3 is 10.1 Å². The van der Waals surface area contributed by atoms with Gasteiger partial charge in [0.15, 0.2) is 0 Å². The molecule has 2 rings (SSSR count). The Morgan fingerprint density at radius 2 is 1.86 bits per heavy atom. The molecule has 0 radical (unpaired) electrons. The van der Waals surface area contributed by atoms with Gasteiger partial charge >= 0.3 is 0 Å². The minimum absolute atomic E-state index is 0.227. The van der Waals surface area contributed by atoms with Crippen LogP contribution in [0.3, 0.4) is 0 Å². The van der Waals surface area contributed by atoms with Crippen LogP contribution in [0.5, 0.6) is 5.75 Å². The molecule has 108 valence electrons. The van der Waals surface area contributed by atoms with Crippen molar-refractivity contribution in [2.45, 2.75) is 6.92 Å². The summed E-state index contributed by atoms with van der Waals surface area (Å²) in [5.41, 5.74) is 2.05. The van der Waals surface area contributed by atoms with Crippen LogP contribution in [0.2, 0.25) is 5.02 Å². The predicted molar refractivity (Wildman–Crippen MR) is 86.2 cm³/mol. The molecule has 0 aromatic heterocycles. The number of halogens is 1. The number of amides is 1. The van der Waals surface area contributed by atoms with E-state index in [4.69, 9.17) is 16.3 Å². The van der Waals surface area contributed by atoms with Crippen LogP contribution in [0, 0.1) is 0 Å². The lowest BCUT2D eigenvalue weighted by Gasteiger charge is -2.11. The SMILES string of the molecule is C=C(C)COc1ccccc1C(=O)Nc1ccc(Cl)cc1. The molecule has 3 nitrogen and oxygen atoms in total. The first-order valence-corrected chi connectivity index (χ1v) is 6.87. The van der Waals surface area contributed by atoms with Crippen LogP contribution in [-0.2, 0) is 0 Å². The standard InChI is InChI=1S/C17H16ClNO2/c1-12(2)11-21-16-6-4-3-5-15(16)17(20)19-14-9-7-13(18)8-10-14/h3-10H,1,11H2,2H3,(H,19,20). The number of carbonyl (C=O) groups excluding carboxylic acids is 1. The van der Waals surface area contributed by atoms with Crippen molar-refractivity contribution in [1.82, 2.24) is 0 Å². The molecule has 21 heavy (non-hydrogen) atoms. The summed E-state index contributed by atoms with van der Waals surface area (Å²) in [6, 6.07) is 14.0. The Kier molecular flexibility index (Phi) is 5.01. The number of ether oxygens (including phenoxy) is 1. The summed E-state index contributed by atoms with van der Waals surface area (Å²) < 4.78 is 5.60. The Labute approximate surface area is 129 Å². The summed E-state index contributed by atoms with van der Waals surface area (Å²) in [6.45, 7) is 6.03. The second-order valence-electron chi connectivity index (χ2n) is 4.70. The van der Waals surface area contributed by atoms with Gasteiger partial charge in [-0.1, -0.05) is 30.3 Å². The monoisotopic (exact) mass is 301 g/mol. The molecule has 0 saturated carbocycles. The molecule has 0 spiro atoms. The molecule has 0 aliphatic rings. The summed E-state index contributed by atoms with van der Waals surface area (Å²) in [5, 5.41) is 3.44. The van der Waals surface area contributed by atoms with Crippen molar-refractivity contribution < 1.29 is 9.53 Å². The van der Waals surface area contributed by atoms with Gasteiger partial charge in [0, 0.05) is 10.7 Å². The lowest BCUT2D eigenvalue weighted by Crippen LogP contribution is -2.14. The van der Waals surface area contributed by atoms with E-state index in [0.717, 1.165) is 5.57 Å². The Balaban J connectivity index is 2.14. The number of hydrogen-bond acceptors (Lipinski definition) is 2. The fraction of sp³-hybridized carbons (Fsp3) is 0.118. The van der Waals surface area contributed by atoms with Crippen molar-refractivity contribution >= 4 is 23.2 Å². The van der Waals surface area contributed by atoms with E-state index in [0.29, 0.717) is 28.6 Å². The van der Waals surface area contributed by atoms with Gasteiger partial charge in [-0.2, -0.15) is 0 Å². The lowest BCUT2D eigenvalue weighted by molar-refractivity contribution is 0.102. The fourth-order valence-electron chi connectivity index (χ4n) is 1.71. The van der Waals surface area contributed by atoms with Crippen molar-refractivity contribution in [3.05, 3.63) is 71.3 Å². The van der Waals surface area contributed by atoms with Gasteiger partial charge in [0.1, 0.15) is 12.4 Å². The van der Waals surface area contributed by atoms with Crippen molar-refractivity contribution in [3.8, 4) is 5.75 Å². The highest BCUT2D eigenvalue weighted by Gasteiger charge is 2.12. The van der Waals surface area contributed by atoms with Crippen LogP contribution >= 0.6 is 11.6 Å². The van der Waals surface area contributed by atoms with Crippen molar-refractivity contribution in [2.75, 3.05) is 11.9 Å². The second kappa shape index (κ2) is 6.95. The zero-order valence-electron chi connectivity index (χ0n) is 11.7. The minimum atomic E-state index is -0.227. The molecule has 0 aliphatic heterocycles. The topological polar surface area (TPSA) is 38.3 Å². The summed E-state index contributed by atoms with van der Waals surface area (Å²) in [5.74, 6) is 0.307. The van der Waals surface area contributed by atoms with Gasteiger partial charge in [0.05, 0.1) is 5.56 Å². The molecule has 0 unspecified atom stereocenters. The normalized spacial score (nSPS) is 10.0. The molecule has 0 aliphatic carbocycles. The zero-order chi connectivity index (χ0) is 15.2. The predicted octanol–water partition coefficient (Wildman–Crippen LogP) is 4.55. The number of nitrogens with one attached hydrogen (secondary N) is 1. The van der Waals surface area contributed by atoms with Gasteiger partial charge in [-0.25, -0.2) is 0 Å². The summed E-state index contributed by atoms with van der Waals surface area (Å²) in [6.07, 6.45) is 0. The van der Waals surface area contributed by atoms with Crippen molar-refractivity contribution in [2.24, 2.45) is 0 Å². The summed E-state index contributed by atoms with van der Waals surface area (Å²) >= 11 is 5.82. The third-order valence-corrected chi connectivity index (χ3v) is 2.96. The number of rotatable bonds is 5. The smallest absolute Gasteiger partial charge is 0.259 e. The number of hydrogen-bond donors (Lipinski definition) is 1. The van der Waals surface area contributed by atoms with Crippen LogP contribution in [0.1, 0.15) is 17.3 Å². The van der Waals surface area contributed by atoms with Gasteiger partial charge in [-0.15, -0.1) is 0 Å².